The fourth-order valence-electron chi connectivity index (χ4n) is 7.28. The van der Waals surface area contributed by atoms with Crippen LogP contribution in [0.2, 0.25) is 0 Å². The Balaban J connectivity index is 1.74. The maximum absolute atomic E-state index is 12.4. The molecule has 3 saturated carbocycles. The summed E-state index contributed by atoms with van der Waals surface area (Å²) in [6.45, 7) is 3.46. The van der Waals surface area contributed by atoms with Gasteiger partial charge in [0.25, 0.3) is 0 Å². The predicted molar refractivity (Wildman–Crippen MR) is 95.1 cm³/mol. The summed E-state index contributed by atoms with van der Waals surface area (Å²) < 4.78 is 0. The highest BCUT2D eigenvalue weighted by Crippen LogP contribution is 2.67. The molecule has 4 rings (SSSR count). The van der Waals surface area contributed by atoms with Crippen molar-refractivity contribution in [3.8, 4) is 0 Å². The second-order valence-corrected chi connectivity index (χ2v) is 9.56. The highest BCUT2D eigenvalue weighted by Gasteiger charge is 2.68. The zero-order valence-corrected chi connectivity index (χ0v) is 15.7. The first-order valence-electron chi connectivity index (χ1n) is 9.96. The highest BCUT2D eigenvalue weighted by atomic mass is 16.3. The van der Waals surface area contributed by atoms with Gasteiger partial charge in [-0.2, -0.15) is 0 Å². The number of aliphatic hydroxyl groups is 3. The minimum absolute atomic E-state index is 0.0697. The van der Waals surface area contributed by atoms with Gasteiger partial charge in [0.1, 0.15) is 12.2 Å². The molecule has 0 radical (unpaired) electrons. The number of hydrogen-bond donors (Lipinski definition) is 3. The predicted octanol–water partition coefficient (Wildman–Crippen LogP) is 1.78. The summed E-state index contributed by atoms with van der Waals surface area (Å²) in [6.07, 6.45) is 5.74. The van der Waals surface area contributed by atoms with Gasteiger partial charge in [-0.05, 0) is 67.8 Å². The van der Waals surface area contributed by atoms with E-state index in [9.17, 15) is 24.9 Å². The van der Waals surface area contributed by atoms with E-state index in [0.717, 1.165) is 25.7 Å². The molecule has 26 heavy (non-hydrogen) atoms. The molecule has 0 aliphatic heterocycles. The Morgan fingerprint density at radius 3 is 2.65 bits per heavy atom. The smallest absolute Gasteiger partial charge is 0.190 e. The van der Waals surface area contributed by atoms with Gasteiger partial charge in [-0.1, -0.05) is 19.4 Å². The maximum Gasteiger partial charge on any atom is 0.190 e. The van der Waals surface area contributed by atoms with Gasteiger partial charge >= 0.3 is 0 Å². The molecule has 0 aromatic carbocycles. The van der Waals surface area contributed by atoms with Crippen molar-refractivity contribution in [1.82, 2.24) is 0 Å². The van der Waals surface area contributed by atoms with Crippen LogP contribution < -0.4 is 0 Å². The first-order valence-corrected chi connectivity index (χ1v) is 9.96. The fraction of sp³-hybridized carbons (Fsp3) is 0.810. The molecule has 0 aromatic rings. The molecule has 4 aliphatic carbocycles. The molecular weight excluding hydrogens is 332 g/mol. The molecule has 3 N–H and O–H groups in total. The normalized spacial score (nSPS) is 50.5. The summed E-state index contributed by atoms with van der Waals surface area (Å²) in [4.78, 5) is 24.3. The summed E-state index contributed by atoms with van der Waals surface area (Å²) in [5, 5.41) is 31.7. The monoisotopic (exact) mass is 362 g/mol. The average Bonchev–Trinajstić information content (AvgIpc) is 2.86. The Labute approximate surface area is 154 Å². The van der Waals surface area contributed by atoms with E-state index >= 15 is 0 Å². The molecule has 0 spiro atoms. The number of hydrogen-bond acceptors (Lipinski definition) is 5. The van der Waals surface area contributed by atoms with Gasteiger partial charge in [0.15, 0.2) is 11.6 Å². The average molecular weight is 362 g/mol. The third-order valence-electron chi connectivity index (χ3n) is 8.65. The molecule has 0 unspecified atom stereocenters. The van der Waals surface area contributed by atoms with E-state index in [-0.39, 0.29) is 29.0 Å². The number of allylic oxidation sites excluding steroid dienone is 1. The van der Waals surface area contributed by atoms with Crippen LogP contribution in [0.15, 0.2) is 11.6 Å². The molecule has 0 heterocycles. The van der Waals surface area contributed by atoms with Crippen LogP contribution in [0.4, 0.5) is 0 Å². The number of rotatable bonds is 2. The topological polar surface area (TPSA) is 94.8 Å². The summed E-state index contributed by atoms with van der Waals surface area (Å²) in [5.41, 5.74) is -1.23. The van der Waals surface area contributed by atoms with Crippen molar-refractivity contribution in [2.45, 2.75) is 70.5 Å². The second kappa shape index (κ2) is 5.73. The Morgan fingerprint density at radius 2 is 1.96 bits per heavy atom. The third-order valence-corrected chi connectivity index (χ3v) is 8.65. The molecule has 0 amide bonds. The number of carbonyl (C=O) groups excluding carboxylic acids is 2. The highest BCUT2D eigenvalue weighted by molar-refractivity contribution is 5.91. The number of fused-ring (bicyclic) bond motifs is 5. The summed E-state index contributed by atoms with van der Waals surface area (Å²) in [7, 11) is 0. The van der Waals surface area contributed by atoms with E-state index in [1.54, 1.807) is 6.08 Å². The third kappa shape index (κ3) is 2.14. The standard InChI is InChI=1S/C21H30O5/c1-19-7-5-13(23)9-12(19)3-4-14-15-6-8-21(26,17(25)11-22)20(15,2)10-16(24)18(14)19/h9,14-16,18,22,24,26H,3-8,10-11H2,1-2H3/t14-,15-,16+,18+,19+,20+,21+/m0/s1. The Hall–Kier alpha value is -1.04. The fourth-order valence-corrected chi connectivity index (χ4v) is 7.28. The van der Waals surface area contributed by atoms with Crippen LogP contribution >= 0.6 is 0 Å². The molecular formula is C21H30O5. The van der Waals surface area contributed by atoms with Gasteiger partial charge in [-0.25, -0.2) is 0 Å². The second-order valence-electron chi connectivity index (χ2n) is 9.56. The Morgan fingerprint density at radius 1 is 1.23 bits per heavy atom. The van der Waals surface area contributed by atoms with Gasteiger partial charge in [-0.3, -0.25) is 9.59 Å². The van der Waals surface area contributed by atoms with Crippen LogP contribution in [0, 0.1) is 28.6 Å². The lowest BCUT2D eigenvalue weighted by Crippen LogP contribution is -2.62. The SMILES string of the molecule is C[C@@]12CCC(=O)C=C1CC[C@@H]1[C@@H]2[C@H](O)C[C@]2(C)[C@H]1CC[C@@]2(O)C(=O)CO. The lowest BCUT2D eigenvalue weighted by molar-refractivity contribution is -0.182. The van der Waals surface area contributed by atoms with Crippen molar-refractivity contribution in [3.05, 3.63) is 11.6 Å². The van der Waals surface area contributed by atoms with E-state index in [0.29, 0.717) is 19.3 Å². The van der Waals surface area contributed by atoms with Crippen LogP contribution in [-0.4, -0.2) is 45.2 Å². The van der Waals surface area contributed by atoms with Crippen molar-refractivity contribution in [3.63, 3.8) is 0 Å². The summed E-state index contributed by atoms with van der Waals surface area (Å²) >= 11 is 0. The van der Waals surface area contributed by atoms with Crippen LogP contribution in [0.1, 0.15) is 58.8 Å². The van der Waals surface area contributed by atoms with E-state index < -0.39 is 29.5 Å². The largest absolute Gasteiger partial charge is 0.393 e. The van der Waals surface area contributed by atoms with Gasteiger partial charge < -0.3 is 15.3 Å². The lowest BCUT2D eigenvalue weighted by Gasteiger charge is -2.60. The zero-order chi connectivity index (χ0) is 18.9. The summed E-state index contributed by atoms with van der Waals surface area (Å²) in [5.74, 6) is 0.140. The molecule has 7 atom stereocenters. The molecule has 0 saturated heterocycles. The zero-order valence-electron chi connectivity index (χ0n) is 15.7. The number of carbonyl (C=O) groups is 2. The number of Topliss-reactive ketones (excluding diaryl/α,β-unsaturated/α-hetero) is 1. The minimum atomic E-state index is -1.54. The number of ketones is 2. The molecule has 5 heteroatoms. The summed E-state index contributed by atoms with van der Waals surface area (Å²) in [6, 6.07) is 0. The lowest BCUT2D eigenvalue weighted by atomic mass is 9.45. The maximum atomic E-state index is 12.4. The van der Waals surface area contributed by atoms with Crippen molar-refractivity contribution in [1.29, 1.82) is 0 Å². The molecule has 144 valence electrons. The van der Waals surface area contributed by atoms with Gasteiger partial charge in [0.2, 0.25) is 0 Å². The Kier molecular flexibility index (Phi) is 4.04. The van der Waals surface area contributed by atoms with Gasteiger partial charge in [0.05, 0.1) is 6.10 Å². The molecule has 5 nitrogen and oxygen atoms in total. The van der Waals surface area contributed by atoms with E-state index in [1.807, 2.05) is 6.92 Å². The van der Waals surface area contributed by atoms with Gasteiger partial charge in [-0.15, -0.1) is 0 Å². The quantitative estimate of drug-likeness (QED) is 0.696. The van der Waals surface area contributed by atoms with Crippen molar-refractivity contribution in [2.75, 3.05) is 6.61 Å². The van der Waals surface area contributed by atoms with Crippen molar-refractivity contribution >= 4 is 11.6 Å². The van der Waals surface area contributed by atoms with Crippen LogP contribution in [0.5, 0.6) is 0 Å². The first-order chi connectivity index (χ1) is 12.2. The van der Waals surface area contributed by atoms with E-state index in [4.69, 9.17) is 0 Å². The number of aliphatic hydroxyl groups excluding tert-OH is 2. The van der Waals surface area contributed by atoms with Crippen molar-refractivity contribution < 1.29 is 24.9 Å². The van der Waals surface area contributed by atoms with E-state index in [1.165, 1.54) is 5.57 Å². The molecule has 4 aliphatic rings. The molecule has 3 fully saturated rings. The van der Waals surface area contributed by atoms with Gasteiger partial charge in [0, 0.05) is 11.8 Å². The van der Waals surface area contributed by atoms with E-state index in [2.05, 4.69) is 6.92 Å². The van der Waals surface area contributed by atoms with Crippen LogP contribution in [0.25, 0.3) is 0 Å². The first kappa shape index (κ1) is 18.3. The molecule has 0 bridgehead atoms. The Bertz CT molecular complexity index is 684. The molecule has 0 aromatic heterocycles. The van der Waals surface area contributed by atoms with Crippen molar-refractivity contribution in [2.24, 2.45) is 28.6 Å². The minimum Gasteiger partial charge on any atom is -0.393 e. The van der Waals surface area contributed by atoms with Crippen LogP contribution in [-0.2, 0) is 9.59 Å². The van der Waals surface area contributed by atoms with Crippen LogP contribution in [0.3, 0.4) is 0 Å².